The molecule has 25 heavy (non-hydrogen) atoms. The van der Waals surface area contributed by atoms with Crippen LogP contribution < -0.4 is 0 Å². The number of ketones is 1. The summed E-state index contributed by atoms with van der Waals surface area (Å²) in [5, 5.41) is 0. The van der Waals surface area contributed by atoms with E-state index < -0.39 is 0 Å². The zero-order chi connectivity index (χ0) is 16.8. The Bertz CT molecular complexity index is 788. The van der Waals surface area contributed by atoms with Crippen molar-refractivity contribution in [2.24, 2.45) is 23.7 Å². The van der Waals surface area contributed by atoms with Gasteiger partial charge in [-0.05, 0) is 66.2 Å². The van der Waals surface area contributed by atoms with E-state index in [1.54, 1.807) is 0 Å². The summed E-state index contributed by atoms with van der Waals surface area (Å²) < 4.78 is 0. The molecule has 3 aliphatic rings. The van der Waals surface area contributed by atoms with Crippen LogP contribution >= 0.6 is 0 Å². The fourth-order valence-corrected chi connectivity index (χ4v) is 5.44. The molecule has 124 valence electrons. The van der Waals surface area contributed by atoms with Gasteiger partial charge in [0.2, 0.25) is 0 Å². The van der Waals surface area contributed by atoms with Crippen LogP contribution in [-0.2, 0) is 4.79 Å². The number of allylic oxidation sites excluding steroid dienone is 2. The van der Waals surface area contributed by atoms with Crippen molar-refractivity contribution in [2.45, 2.75) is 19.3 Å². The maximum atomic E-state index is 13.3. The second kappa shape index (κ2) is 5.84. The van der Waals surface area contributed by atoms with Gasteiger partial charge in [-0.25, -0.2) is 0 Å². The van der Waals surface area contributed by atoms with Crippen molar-refractivity contribution in [3.8, 4) is 0 Å². The van der Waals surface area contributed by atoms with E-state index in [2.05, 4.69) is 36.4 Å². The van der Waals surface area contributed by atoms with E-state index in [4.69, 9.17) is 0 Å². The fraction of sp³-hybridized carbons (Fsp3) is 0.292. The third kappa shape index (κ3) is 2.41. The molecule has 0 heterocycles. The first-order chi connectivity index (χ1) is 12.3. The van der Waals surface area contributed by atoms with Crippen molar-refractivity contribution in [2.75, 3.05) is 0 Å². The first-order valence-corrected chi connectivity index (χ1v) is 9.39. The van der Waals surface area contributed by atoms with E-state index in [1.165, 1.54) is 19.3 Å². The van der Waals surface area contributed by atoms with Gasteiger partial charge in [0.15, 0.2) is 5.78 Å². The Balaban J connectivity index is 1.61. The molecular weight excluding hydrogens is 304 g/mol. The van der Waals surface area contributed by atoms with E-state index in [9.17, 15) is 4.79 Å². The van der Waals surface area contributed by atoms with Crippen LogP contribution in [0.2, 0.25) is 0 Å². The van der Waals surface area contributed by atoms with Crippen LogP contribution in [0.15, 0.2) is 71.8 Å². The van der Waals surface area contributed by atoms with E-state index in [1.807, 2.05) is 36.4 Å². The molecule has 3 fully saturated rings. The van der Waals surface area contributed by atoms with Gasteiger partial charge < -0.3 is 0 Å². The Hall–Kier alpha value is -2.41. The third-order valence-corrected chi connectivity index (χ3v) is 6.40. The average molecular weight is 326 g/mol. The monoisotopic (exact) mass is 326 g/mol. The van der Waals surface area contributed by atoms with Crippen LogP contribution in [0.5, 0.6) is 0 Å². The van der Waals surface area contributed by atoms with Crippen molar-refractivity contribution in [3.63, 3.8) is 0 Å². The molecule has 0 saturated heterocycles. The number of hydrogen-bond donors (Lipinski definition) is 0. The number of Topliss-reactive ketones (excluding diaryl/α,β-unsaturated/α-hetero) is 1. The molecule has 4 unspecified atom stereocenters. The van der Waals surface area contributed by atoms with Gasteiger partial charge in [-0.2, -0.15) is 0 Å². The third-order valence-electron chi connectivity index (χ3n) is 6.40. The Morgan fingerprint density at radius 3 is 1.56 bits per heavy atom. The summed E-state index contributed by atoms with van der Waals surface area (Å²) in [5.74, 6) is 2.59. The Labute approximate surface area is 149 Å². The molecular formula is C24H22O. The van der Waals surface area contributed by atoms with Gasteiger partial charge in [-0.15, -0.1) is 0 Å². The van der Waals surface area contributed by atoms with Crippen molar-refractivity contribution in [1.29, 1.82) is 0 Å². The average Bonchev–Trinajstić information content (AvgIpc) is 3.33. The van der Waals surface area contributed by atoms with Crippen LogP contribution in [0.4, 0.5) is 0 Å². The SMILES string of the molecule is O=C1/C(=C\c2ccccc2)C2C3CCC(C3)C2/C1=C\c1ccccc1. The molecule has 1 nitrogen and oxygen atoms in total. The van der Waals surface area contributed by atoms with Gasteiger partial charge in [0.25, 0.3) is 0 Å². The number of carbonyl (C=O) groups excluding carboxylic acids is 1. The molecule has 3 saturated carbocycles. The summed E-state index contributed by atoms with van der Waals surface area (Å²) in [6.07, 6.45) is 8.22. The highest BCUT2D eigenvalue weighted by Gasteiger charge is 2.56. The second-order valence-corrected chi connectivity index (χ2v) is 7.73. The summed E-state index contributed by atoms with van der Waals surface area (Å²) in [6.45, 7) is 0. The molecule has 0 N–H and O–H groups in total. The van der Waals surface area contributed by atoms with E-state index in [0.29, 0.717) is 29.5 Å². The Kier molecular flexibility index (Phi) is 3.48. The van der Waals surface area contributed by atoms with Crippen LogP contribution in [0.3, 0.4) is 0 Å². The summed E-state index contributed by atoms with van der Waals surface area (Å²) >= 11 is 0. The highest BCUT2D eigenvalue weighted by Crippen LogP contribution is 2.61. The van der Waals surface area contributed by atoms with Crippen LogP contribution in [-0.4, -0.2) is 5.78 Å². The Morgan fingerprint density at radius 1 is 0.680 bits per heavy atom. The van der Waals surface area contributed by atoms with Crippen molar-refractivity contribution < 1.29 is 4.79 Å². The standard InChI is InChI=1S/C24H22O/c25-24-20(13-16-7-3-1-4-8-16)22-18-11-12-19(15-18)23(22)21(24)14-17-9-5-2-6-10-17/h1-10,13-14,18-19,22-23H,11-12,15H2/b20-13-,21-14+. The van der Waals surface area contributed by atoms with Gasteiger partial charge in [0, 0.05) is 11.1 Å². The zero-order valence-corrected chi connectivity index (χ0v) is 14.3. The molecule has 0 aliphatic heterocycles. The van der Waals surface area contributed by atoms with Gasteiger partial charge in [0.1, 0.15) is 0 Å². The lowest BCUT2D eigenvalue weighted by molar-refractivity contribution is -0.111. The van der Waals surface area contributed by atoms with E-state index >= 15 is 0 Å². The quantitative estimate of drug-likeness (QED) is 0.675. The lowest BCUT2D eigenvalue weighted by atomic mass is 9.78. The first-order valence-electron chi connectivity index (χ1n) is 9.39. The van der Waals surface area contributed by atoms with Crippen LogP contribution in [0.25, 0.3) is 12.2 Å². The smallest absolute Gasteiger partial charge is 0.185 e. The van der Waals surface area contributed by atoms with E-state index in [-0.39, 0.29) is 0 Å². The van der Waals surface area contributed by atoms with Crippen LogP contribution in [0.1, 0.15) is 30.4 Å². The molecule has 2 bridgehead atoms. The predicted molar refractivity (Wildman–Crippen MR) is 102 cm³/mol. The second-order valence-electron chi connectivity index (χ2n) is 7.73. The normalized spacial score (nSPS) is 33.4. The topological polar surface area (TPSA) is 17.1 Å². The minimum Gasteiger partial charge on any atom is -0.289 e. The molecule has 0 spiro atoms. The summed E-state index contributed by atoms with van der Waals surface area (Å²) in [6, 6.07) is 20.6. The molecule has 2 aromatic rings. The van der Waals surface area contributed by atoms with Gasteiger partial charge >= 0.3 is 0 Å². The molecule has 0 amide bonds. The molecule has 0 radical (unpaired) electrons. The van der Waals surface area contributed by atoms with Crippen molar-refractivity contribution >= 4 is 17.9 Å². The number of fused-ring (bicyclic) bond motifs is 5. The van der Waals surface area contributed by atoms with Gasteiger partial charge in [-0.1, -0.05) is 60.7 Å². The first kappa shape index (κ1) is 14.9. The maximum absolute atomic E-state index is 13.3. The number of hydrogen-bond acceptors (Lipinski definition) is 1. The molecule has 1 heteroatoms. The van der Waals surface area contributed by atoms with Crippen molar-refractivity contribution in [3.05, 3.63) is 82.9 Å². The largest absolute Gasteiger partial charge is 0.289 e. The zero-order valence-electron chi connectivity index (χ0n) is 14.3. The maximum Gasteiger partial charge on any atom is 0.185 e. The molecule has 5 rings (SSSR count). The summed E-state index contributed by atoms with van der Waals surface area (Å²) in [7, 11) is 0. The summed E-state index contributed by atoms with van der Waals surface area (Å²) in [5.41, 5.74) is 4.41. The molecule has 2 aromatic carbocycles. The van der Waals surface area contributed by atoms with Crippen LogP contribution in [0, 0.1) is 23.7 Å². The van der Waals surface area contributed by atoms with Gasteiger partial charge in [-0.3, -0.25) is 4.79 Å². The number of rotatable bonds is 2. The minimum absolute atomic E-state index is 0.291. The van der Waals surface area contributed by atoms with E-state index in [0.717, 1.165) is 22.3 Å². The molecule has 3 aliphatic carbocycles. The predicted octanol–water partition coefficient (Wildman–Crippen LogP) is 5.40. The number of benzene rings is 2. The Morgan fingerprint density at radius 2 is 1.12 bits per heavy atom. The van der Waals surface area contributed by atoms with Crippen molar-refractivity contribution in [1.82, 2.24) is 0 Å². The summed E-state index contributed by atoms with van der Waals surface area (Å²) in [4.78, 5) is 13.3. The number of carbonyl (C=O) groups is 1. The van der Waals surface area contributed by atoms with Gasteiger partial charge in [0.05, 0.1) is 0 Å². The fourth-order valence-electron chi connectivity index (χ4n) is 5.44. The highest BCUT2D eigenvalue weighted by atomic mass is 16.1. The lowest BCUT2D eigenvalue weighted by Gasteiger charge is -2.25. The minimum atomic E-state index is 0.291. The highest BCUT2D eigenvalue weighted by molar-refractivity contribution is 6.17. The molecule has 4 atom stereocenters. The molecule has 0 aromatic heterocycles. The lowest BCUT2D eigenvalue weighted by Crippen LogP contribution is -2.18.